The third-order valence-corrected chi connectivity index (χ3v) is 3.10. The van der Waals surface area contributed by atoms with Gasteiger partial charge in [0.2, 0.25) is 0 Å². The number of nitrogens with one attached hydrogen (secondary N) is 1. The summed E-state index contributed by atoms with van der Waals surface area (Å²) < 4.78 is 0. The van der Waals surface area contributed by atoms with E-state index in [2.05, 4.69) is 10.3 Å². The summed E-state index contributed by atoms with van der Waals surface area (Å²) in [6, 6.07) is 13.4. The molecule has 0 spiro atoms. The van der Waals surface area contributed by atoms with Crippen LogP contribution in [-0.2, 0) is 0 Å². The van der Waals surface area contributed by atoms with Gasteiger partial charge in [0.25, 0.3) is 0 Å². The van der Waals surface area contributed by atoms with Crippen molar-refractivity contribution < 1.29 is 0 Å². The minimum Gasteiger partial charge on any atom is -0.396 e. The zero-order valence-electron chi connectivity index (χ0n) is 9.84. The van der Waals surface area contributed by atoms with E-state index in [0.717, 1.165) is 10.6 Å². The Morgan fingerprint density at radius 3 is 2.89 bits per heavy atom. The highest BCUT2D eigenvalue weighted by atomic mass is 32.2. The average Bonchev–Trinajstić information content (AvgIpc) is 2.41. The van der Waals surface area contributed by atoms with Crippen molar-refractivity contribution >= 4 is 29.0 Å². The average molecular weight is 256 g/mol. The van der Waals surface area contributed by atoms with E-state index in [4.69, 9.17) is 11.0 Å². The van der Waals surface area contributed by atoms with Gasteiger partial charge in [0.05, 0.1) is 5.69 Å². The van der Waals surface area contributed by atoms with Crippen molar-refractivity contribution in [2.75, 3.05) is 17.3 Å². The lowest BCUT2D eigenvalue weighted by Crippen LogP contribution is -1.98. The van der Waals surface area contributed by atoms with Gasteiger partial charge in [-0.2, -0.15) is 5.26 Å². The second-order valence-corrected chi connectivity index (χ2v) is 4.48. The van der Waals surface area contributed by atoms with Gasteiger partial charge in [-0.05, 0) is 36.6 Å². The molecule has 1 aromatic heterocycles. The number of rotatable bonds is 3. The number of hydrogen-bond acceptors (Lipinski definition) is 5. The Balaban J connectivity index is 2.26. The van der Waals surface area contributed by atoms with Crippen LogP contribution in [0.1, 0.15) is 5.69 Å². The molecule has 0 bridgehead atoms. The monoisotopic (exact) mass is 256 g/mol. The standard InChI is InChI=1S/C13H12N4S/c1-18-10-4-2-3-9(7-10)16-13-6-5-11(15)12(8-14)17-13/h2-7H,15H2,1H3,(H,16,17). The molecule has 0 atom stereocenters. The molecular formula is C13H12N4S. The first-order chi connectivity index (χ1) is 8.72. The van der Waals surface area contributed by atoms with E-state index in [0.29, 0.717) is 11.5 Å². The quantitative estimate of drug-likeness (QED) is 0.826. The first kappa shape index (κ1) is 12.3. The first-order valence-corrected chi connectivity index (χ1v) is 6.53. The molecule has 0 aliphatic carbocycles. The van der Waals surface area contributed by atoms with Crippen molar-refractivity contribution in [2.45, 2.75) is 4.90 Å². The molecule has 3 N–H and O–H groups in total. The molecular weight excluding hydrogens is 244 g/mol. The number of nitrogens with two attached hydrogens (primary N) is 1. The number of nitrogen functional groups attached to an aromatic ring is 1. The van der Waals surface area contributed by atoms with E-state index in [-0.39, 0.29) is 5.69 Å². The molecule has 5 heteroatoms. The lowest BCUT2D eigenvalue weighted by Gasteiger charge is -2.07. The number of hydrogen-bond donors (Lipinski definition) is 2. The zero-order chi connectivity index (χ0) is 13.0. The van der Waals surface area contributed by atoms with Gasteiger partial charge >= 0.3 is 0 Å². The Bertz CT molecular complexity index is 604. The summed E-state index contributed by atoms with van der Waals surface area (Å²) in [5, 5.41) is 12.0. The Hall–Kier alpha value is -2.19. The van der Waals surface area contributed by atoms with Crippen molar-refractivity contribution in [1.82, 2.24) is 4.98 Å². The highest BCUT2D eigenvalue weighted by Gasteiger charge is 2.02. The molecule has 4 nitrogen and oxygen atoms in total. The summed E-state index contributed by atoms with van der Waals surface area (Å²) in [6.45, 7) is 0. The Kier molecular flexibility index (Phi) is 3.70. The van der Waals surface area contributed by atoms with Crippen molar-refractivity contribution in [3.8, 4) is 6.07 Å². The van der Waals surface area contributed by atoms with Crippen molar-refractivity contribution in [3.63, 3.8) is 0 Å². The molecule has 0 amide bonds. The van der Waals surface area contributed by atoms with Crippen LogP contribution >= 0.6 is 11.8 Å². The predicted octanol–water partition coefficient (Wildman–Crippen LogP) is 3.00. The molecule has 1 aromatic carbocycles. The van der Waals surface area contributed by atoms with E-state index in [1.54, 1.807) is 23.9 Å². The number of anilines is 3. The van der Waals surface area contributed by atoms with Crippen LogP contribution in [0.5, 0.6) is 0 Å². The van der Waals surface area contributed by atoms with Gasteiger partial charge in [-0.3, -0.25) is 0 Å². The van der Waals surface area contributed by atoms with E-state index < -0.39 is 0 Å². The fourth-order valence-electron chi connectivity index (χ4n) is 1.48. The van der Waals surface area contributed by atoms with Crippen LogP contribution in [0.25, 0.3) is 0 Å². The van der Waals surface area contributed by atoms with Crippen LogP contribution < -0.4 is 11.1 Å². The van der Waals surface area contributed by atoms with Crippen molar-refractivity contribution in [1.29, 1.82) is 5.26 Å². The second-order valence-electron chi connectivity index (χ2n) is 3.60. The number of thioether (sulfide) groups is 1. The molecule has 1 heterocycles. The smallest absolute Gasteiger partial charge is 0.165 e. The maximum atomic E-state index is 8.87. The molecule has 2 rings (SSSR count). The largest absolute Gasteiger partial charge is 0.396 e. The summed E-state index contributed by atoms with van der Waals surface area (Å²) in [6.07, 6.45) is 2.02. The lowest BCUT2D eigenvalue weighted by molar-refractivity contribution is 1.25. The van der Waals surface area contributed by atoms with Gasteiger partial charge in [0.15, 0.2) is 5.69 Å². The molecule has 0 unspecified atom stereocenters. The molecule has 90 valence electrons. The maximum Gasteiger partial charge on any atom is 0.165 e. The van der Waals surface area contributed by atoms with Crippen LogP contribution in [0.3, 0.4) is 0 Å². The summed E-state index contributed by atoms with van der Waals surface area (Å²) in [5.74, 6) is 0.610. The molecule has 0 aliphatic heterocycles. The number of pyridine rings is 1. The molecule has 0 saturated carbocycles. The van der Waals surface area contributed by atoms with Crippen LogP contribution in [-0.4, -0.2) is 11.2 Å². The maximum absolute atomic E-state index is 8.87. The van der Waals surface area contributed by atoms with Crippen molar-refractivity contribution in [2.24, 2.45) is 0 Å². The van der Waals surface area contributed by atoms with Gasteiger partial charge < -0.3 is 11.1 Å². The van der Waals surface area contributed by atoms with E-state index in [1.807, 2.05) is 36.6 Å². The summed E-state index contributed by atoms with van der Waals surface area (Å²) >= 11 is 1.67. The molecule has 2 aromatic rings. The van der Waals surface area contributed by atoms with E-state index in [1.165, 1.54) is 0 Å². The highest BCUT2D eigenvalue weighted by Crippen LogP contribution is 2.22. The summed E-state index contributed by atoms with van der Waals surface area (Å²) in [5.41, 5.74) is 7.18. The Labute approximate surface area is 110 Å². The fraction of sp³-hybridized carbons (Fsp3) is 0.0769. The topological polar surface area (TPSA) is 74.7 Å². The zero-order valence-corrected chi connectivity index (χ0v) is 10.7. The van der Waals surface area contributed by atoms with Gasteiger partial charge in [0, 0.05) is 10.6 Å². The predicted molar refractivity (Wildman–Crippen MR) is 74.9 cm³/mol. The summed E-state index contributed by atoms with van der Waals surface area (Å²) in [4.78, 5) is 5.30. The SMILES string of the molecule is CSc1cccc(Nc2ccc(N)c(C#N)n2)c1. The van der Waals surface area contributed by atoms with E-state index in [9.17, 15) is 0 Å². The van der Waals surface area contributed by atoms with Crippen molar-refractivity contribution in [3.05, 3.63) is 42.1 Å². The molecule has 0 radical (unpaired) electrons. The lowest BCUT2D eigenvalue weighted by atomic mass is 10.3. The first-order valence-electron chi connectivity index (χ1n) is 5.30. The van der Waals surface area contributed by atoms with Gasteiger partial charge in [-0.1, -0.05) is 6.07 Å². The molecule has 0 saturated heterocycles. The third-order valence-electron chi connectivity index (χ3n) is 2.37. The van der Waals surface area contributed by atoms with Crippen LogP contribution in [0.2, 0.25) is 0 Å². The number of nitriles is 1. The van der Waals surface area contributed by atoms with Gasteiger partial charge in [-0.15, -0.1) is 11.8 Å². The van der Waals surface area contributed by atoms with Crippen LogP contribution in [0.4, 0.5) is 17.2 Å². The Morgan fingerprint density at radius 2 is 2.17 bits per heavy atom. The highest BCUT2D eigenvalue weighted by molar-refractivity contribution is 7.98. The van der Waals surface area contributed by atoms with Crippen LogP contribution in [0, 0.1) is 11.3 Å². The molecule has 0 fully saturated rings. The second kappa shape index (κ2) is 5.43. The summed E-state index contributed by atoms with van der Waals surface area (Å²) in [7, 11) is 0. The molecule has 18 heavy (non-hydrogen) atoms. The minimum absolute atomic E-state index is 0.237. The van der Waals surface area contributed by atoms with Crippen LogP contribution in [0.15, 0.2) is 41.3 Å². The van der Waals surface area contributed by atoms with Gasteiger partial charge in [0.1, 0.15) is 11.9 Å². The minimum atomic E-state index is 0.237. The third kappa shape index (κ3) is 2.73. The van der Waals surface area contributed by atoms with Gasteiger partial charge in [-0.25, -0.2) is 4.98 Å². The fourth-order valence-corrected chi connectivity index (χ4v) is 1.94. The number of nitrogens with zero attached hydrogens (tertiary/aromatic N) is 2. The Morgan fingerprint density at radius 1 is 1.33 bits per heavy atom. The molecule has 0 aliphatic rings. The number of aromatic nitrogens is 1. The normalized spacial score (nSPS) is 9.78. The van der Waals surface area contributed by atoms with E-state index >= 15 is 0 Å². The number of benzene rings is 1.